The topological polar surface area (TPSA) is 92.3 Å². The van der Waals surface area contributed by atoms with Crippen molar-refractivity contribution < 1.29 is 18.7 Å². The smallest absolute Gasteiger partial charge is 0.317 e. The fourth-order valence-corrected chi connectivity index (χ4v) is 4.46. The van der Waals surface area contributed by atoms with Gasteiger partial charge in [-0.25, -0.2) is 9.31 Å². The molecular weight excluding hydrogens is 410 g/mol. The second-order valence-corrected chi connectivity index (χ2v) is 8.25. The number of nitrogens with zero attached hydrogens (tertiary/aromatic N) is 4. The van der Waals surface area contributed by atoms with Gasteiger partial charge >= 0.3 is 6.03 Å². The third kappa shape index (κ3) is 4.20. The predicted octanol–water partition coefficient (Wildman–Crippen LogP) is 2.49. The van der Waals surface area contributed by atoms with Crippen LogP contribution in [0.15, 0.2) is 47.3 Å². The van der Waals surface area contributed by atoms with Crippen molar-refractivity contribution in [1.82, 2.24) is 24.7 Å². The predicted molar refractivity (Wildman–Crippen MR) is 116 cm³/mol. The van der Waals surface area contributed by atoms with Crippen molar-refractivity contribution >= 4 is 17.5 Å². The fraction of sp³-hybridized carbons (Fsp3) is 0.435. The Bertz CT molecular complexity index is 1080. The van der Waals surface area contributed by atoms with Crippen LogP contribution in [-0.2, 0) is 11.3 Å². The number of amides is 3. The Morgan fingerprint density at radius 2 is 1.91 bits per heavy atom. The normalized spacial score (nSPS) is 17.6. The number of carbonyl (C=O) groups excluding carboxylic acids is 2. The molecule has 5 rings (SSSR count). The minimum atomic E-state index is -0.0653. The van der Waals surface area contributed by atoms with Gasteiger partial charge in [-0.2, -0.15) is 5.10 Å². The highest BCUT2D eigenvalue weighted by Gasteiger charge is 2.26. The summed E-state index contributed by atoms with van der Waals surface area (Å²) in [6.07, 6.45) is 6.94. The third-order valence-electron chi connectivity index (χ3n) is 6.32. The lowest BCUT2D eigenvalue weighted by atomic mass is 9.89. The molecular formula is C23H27N5O4. The standard InChI is InChI=1S/C23H27N5O4/c29-22(26-9-12-31-13-10-26)20-16-25-28-8-5-18(14-21(20)28)17-3-6-27(7-4-17)23(30)24-15-19-2-1-11-32-19/h1-2,5,8,11,14,16-17H,3-4,6-7,9-10,12-13,15H2,(H,24,30). The van der Waals surface area contributed by atoms with Crippen LogP contribution in [0.25, 0.3) is 5.52 Å². The Kier molecular flexibility index (Phi) is 5.81. The lowest BCUT2D eigenvalue weighted by Gasteiger charge is -2.32. The van der Waals surface area contributed by atoms with Gasteiger partial charge in [-0.1, -0.05) is 0 Å². The van der Waals surface area contributed by atoms with Gasteiger partial charge < -0.3 is 24.3 Å². The first-order valence-corrected chi connectivity index (χ1v) is 11.1. The molecule has 3 aromatic rings. The van der Waals surface area contributed by atoms with Crippen LogP contribution < -0.4 is 5.32 Å². The van der Waals surface area contributed by atoms with Crippen molar-refractivity contribution in [3.8, 4) is 0 Å². The molecule has 0 radical (unpaired) electrons. The number of likely N-dealkylation sites (tertiary alicyclic amines) is 1. The summed E-state index contributed by atoms with van der Waals surface area (Å²) in [5, 5.41) is 7.28. The number of ether oxygens (including phenoxy) is 1. The molecule has 2 aliphatic heterocycles. The first kappa shape index (κ1) is 20.6. The molecule has 9 heteroatoms. The van der Waals surface area contributed by atoms with E-state index in [1.165, 1.54) is 5.56 Å². The maximum atomic E-state index is 13.0. The van der Waals surface area contributed by atoms with E-state index in [2.05, 4.69) is 22.5 Å². The van der Waals surface area contributed by atoms with E-state index < -0.39 is 0 Å². The number of urea groups is 1. The Labute approximate surface area is 185 Å². The van der Waals surface area contributed by atoms with E-state index in [4.69, 9.17) is 9.15 Å². The third-order valence-corrected chi connectivity index (χ3v) is 6.32. The van der Waals surface area contributed by atoms with Crippen molar-refractivity contribution in [3.63, 3.8) is 0 Å². The van der Waals surface area contributed by atoms with Crippen molar-refractivity contribution in [2.75, 3.05) is 39.4 Å². The number of aromatic nitrogens is 2. The Balaban J connectivity index is 1.23. The van der Waals surface area contributed by atoms with Gasteiger partial charge in [-0.15, -0.1) is 0 Å². The highest BCUT2D eigenvalue weighted by atomic mass is 16.5. The van der Waals surface area contributed by atoms with Crippen LogP contribution in [0.2, 0.25) is 0 Å². The molecule has 0 bridgehead atoms. The number of rotatable bonds is 4. The van der Waals surface area contributed by atoms with Crippen molar-refractivity contribution in [1.29, 1.82) is 0 Å². The van der Waals surface area contributed by atoms with E-state index in [0.717, 1.165) is 24.1 Å². The summed E-state index contributed by atoms with van der Waals surface area (Å²) in [5.74, 6) is 1.09. The van der Waals surface area contributed by atoms with E-state index in [-0.39, 0.29) is 11.9 Å². The van der Waals surface area contributed by atoms with Crippen LogP contribution in [0.1, 0.15) is 40.4 Å². The number of hydrogen-bond donors (Lipinski definition) is 1. The first-order valence-electron chi connectivity index (χ1n) is 11.1. The van der Waals surface area contributed by atoms with Crippen LogP contribution in [0.3, 0.4) is 0 Å². The number of hydrogen-bond acceptors (Lipinski definition) is 5. The van der Waals surface area contributed by atoms with Crippen LogP contribution in [0.5, 0.6) is 0 Å². The molecule has 0 atom stereocenters. The molecule has 2 aliphatic rings. The first-order chi connectivity index (χ1) is 15.7. The summed E-state index contributed by atoms with van der Waals surface area (Å²) in [4.78, 5) is 29.1. The van der Waals surface area contributed by atoms with Gasteiger partial charge in [0.05, 0.1) is 43.3 Å². The zero-order valence-electron chi connectivity index (χ0n) is 17.9. The number of morpholine rings is 1. The minimum absolute atomic E-state index is 0.00324. The molecule has 5 heterocycles. The molecule has 3 amide bonds. The summed E-state index contributed by atoms with van der Waals surface area (Å²) >= 11 is 0. The molecule has 0 unspecified atom stereocenters. The second-order valence-electron chi connectivity index (χ2n) is 8.25. The quantitative estimate of drug-likeness (QED) is 0.677. The van der Waals surface area contributed by atoms with E-state index in [0.29, 0.717) is 57.4 Å². The number of nitrogens with one attached hydrogen (secondary N) is 1. The molecule has 0 saturated carbocycles. The maximum absolute atomic E-state index is 13.0. The van der Waals surface area contributed by atoms with Gasteiger partial charge in [0.1, 0.15) is 5.76 Å². The van der Waals surface area contributed by atoms with Gasteiger partial charge in [-0.3, -0.25) is 4.79 Å². The van der Waals surface area contributed by atoms with E-state index in [1.54, 1.807) is 17.0 Å². The SMILES string of the molecule is O=C(NCc1ccco1)N1CCC(c2ccn3ncc(C(=O)N4CCOCC4)c3c2)CC1. The minimum Gasteiger partial charge on any atom is -0.467 e. The molecule has 2 saturated heterocycles. The maximum Gasteiger partial charge on any atom is 0.317 e. The molecule has 3 aromatic heterocycles. The highest BCUT2D eigenvalue weighted by Crippen LogP contribution is 2.29. The molecule has 0 aliphatic carbocycles. The molecule has 32 heavy (non-hydrogen) atoms. The van der Waals surface area contributed by atoms with Gasteiger partial charge in [0.25, 0.3) is 5.91 Å². The molecule has 168 valence electrons. The Morgan fingerprint density at radius 1 is 1.09 bits per heavy atom. The summed E-state index contributed by atoms with van der Waals surface area (Å²) in [6, 6.07) is 7.74. The van der Waals surface area contributed by atoms with Gasteiger partial charge in [0, 0.05) is 32.4 Å². The Hall–Kier alpha value is -3.33. The average Bonchev–Trinajstić information content (AvgIpc) is 3.52. The van der Waals surface area contributed by atoms with E-state index in [9.17, 15) is 9.59 Å². The number of piperidine rings is 1. The number of fused-ring (bicyclic) bond motifs is 1. The lowest BCUT2D eigenvalue weighted by Crippen LogP contribution is -2.43. The van der Waals surface area contributed by atoms with Gasteiger partial charge in [-0.05, 0) is 48.6 Å². The number of carbonyl (C=O) groups is 2. The summed E-state index contributed by atoms with van der Waals surface area (Å²) in [6.45, 7) is 4.14. The second kappa shape index (κ2) is 9.04. The van der Waals surface area contributed by atoms with Crippen LogP contribution >= 0.6 is 0 Å². The number of pyridine rings is 1. The van der Waals surface area contributed by atoms with Crippen molar-refractivity contribution in [2.45, 2.75) is 25.3 Å². The summed E-state index contributed by atoms with van der Waals surface area (Å²) in [7, 11) is 0. The van der Waals surface area contributed by atoms with E-state index in [1.807, 2.05) is 28.1 Å². The summed E-state index contributed by atoms with van der Waals surface area (Å²) in [5.41, 5.74) is 2.64. The van der Waals surface area contributed by atoms with E-state index >= 15 is 0 Å². The largest absolute Gasteiger partial charge is 0.467 e. The molecule has 9 nitrogen and oxygen atoms in total. The molecule has 0 spiro atoms. The fourth-order valence-electron chi connectivity index (χ4n) is 4.46. The van der Waals surface area contributed by atoms with Crippen LogP contribution in [0.4, 0.5) is 4.79 Å². The van der Waals surface area contributed by atoms with Crippen LogP contribution in [0, 0.1) is 0 Å². The number of furan rings is 1. The average molecular weight is 438 g/mol. The highest BCUT2D eigenvalue weighted by molar-refractivity contribution is 6.00. The zero-order chi connectivity index (χ0) is 21.9. The van der Waals surface area contributed by atoms with Gasteiger partial charge in [0.15, 0.2) is 0 Å². The summed E-state index contributed by atoms with van der Waals surface area (Å²) < 4.78 is 12.4. The Morgan fingerprint density at radius 3 is 2.66 bits per heavy atom. The molecule has 2 fully saturated rings. The molecule has 1 N–H and O–H groups in total. The lowest BCUT2D eigenvalue weighted by molar-refractivity contribution is 0.0304. The monoisotopic (exact) mass is 437 g/mol. The van der Waals surface area contributed by atoms with Crippen LogP contribution in [-0.4, -0.2) is 70.7 Å². The van der Waals surface area contributed by atoms with Crippen molar-refractivity contribution in [3.05, 3.63) is 59.8 Å². The van der Waals surface area contributed by atoms with Gasteiger partial charge in [0.2, 0.25) is 0 Å². The zero-order valence-corrected chi connectivity index (χ0v) is 17.9. The van der Waals surface area contributed by atoms with Crippen molar-refractivity contribution in [2.24, 2.45) is 0 Å². The molecule has 0 aromatic carbocycles.